The van der Waals surface area contributed by atoms with Gasteiger partial charge in [-0.1, -0.05) is 15.9 Å². The number of carbonyl (C=O) groups excluding carboxylic acids is 1. The van der Waals surface area contributed by atoms with Gasteiger partial charge in [-0.05, 0) is 31.0 Å². The minimum atomic E-state index is -0.862. The number of nitrogens with one attached hydrogen (secondary N) is 2. The highest BCUT2D eigenvalue weighted by molar-refractivity contribution is 9.10. The van der Waals surface area contributed by atoms with Crippen LogP contribution in [0.3, 0.4) is 0 Å². The summed E-state index contributed by atoms with van der Waals surface area (Å²) in [6, 6.07) is 5.10. The molecule has 0 bridgehead atoms. The van der Waals surface area contributed by atoms with Gasteiger partial charge in [0.25, 0.3) is 0 Å². The third-order valence-electron chi connectivity index (χ3n) is 5.89. The second-order valence-corrected chi connectivity index (χ2v) is 8.84. The molecule has 162 valence electrons. The number of rotatable bonds is 7. The van der Waals surface area contributed by atoms with Gasteiger partial charge in [0.05, 0.1) is 12.6 Å². The van der Waals surface area contributed by atoms with E-state index in [1.54, 1.807) is 6.20 Å². The molecule has 0 spiro atoms. The fourth-order valence-electron chi connectivity index (χ4n) is 4.30. The first kappa shape index (κ1) is 21.3. The van der Waals surface area contributed by atoms with Crippen LogP contribution in [-0.2, 0) is 14.3 Å². The van der Waals surface area contributed by atoms with Crippen molar-refractivity contribution in [1.29, 1.82) is 0 Å². The van der Waals surface area contributed by atoms with Crippen LogP contribution in [0.4, 0.5) is 0 Å². The maximum atomic E-state index is 12.2. The van der Waals surface area contributed by atoms with Crippen molar-refractivity contribution < 1.29 is 19.4 Å². The van der Waals surface area contributed by atoms with Gasteiger partial charge in [0.15, 0.2) is 0 Å². The molecule has 2 atom stereocenters. The van der Waals surface area contributed by atoms with Gasteiger partial charge in [-0.3, -0.25) is 19.4 Å². The predicted octanol–water partition coefficient (Wildman–Crippen LogP) is 1.97. The standard InChI is InChI=1S/C21H27BrN4O4/c22-14-3-4-18-16(10-14)17(12-23-18)20(21(28)29)26-7-5-25(6-8-26)13-19(27)24-11-15-2-1-9-30-15/h3-4,10,12,15,20,23H,1-2,5-9,11,13H2,(H,24,27)(H,28,29)/t15-,20-/m0/s1. The number of carbonyl (C=O) groups is 2. The normalized spacial score (nSPS) is 21.7. The molecule has 3 N–H and O–H groups in total. The molecule has 2 aromatic rings. The van der Waals surface area contributed by atoms with Gasteiger partial charge >= 0.3 is 5.97 Å². The van der Waals surface area contributed by atoms with Crippen LogP contribution in [0, 0.1) is 0 Å². The monoisotopic (exact) mass is 478 g/mol. The van der Waals surface area contributed by atoms with Crippen molar-refractivity contribution >= 4 is 38.7 Å². The molecule has 3 heterocycles. The number of aromatic amines is 1. The quantitative estimate of drug-likeness (QED) is 0.562. The molecule has 9 heteroatoms. The molecule has 4 rings (SSSR count). The first-order valence-corrected chi connectivity index (χ1v) is 11.1. The zero-order chi connectivity index (χ0) is 21.1. The Bertz CT molecular complexity index is 904. The Hall–Kier alpha value is -1.94. The molecule has 30 heavy (non-hydrogen) atoms. The summed E-state index contributed by atoms with van der Waals surface area (Å²) in [7, 11) is 0. The van der Waals surface area contributed by atoms with Crippen molar-refractivity contribution in [1.82, 2.24) is 20.1 Å². The summed E-state index contributed by atoms with van der Waals surface area (Å²) >= 11 is 3.47. The first-order valence-electron chi connectivity index (χ1n) is 10.4. The van der Waals surface area contributed by atoms with Crippen LogP contribution < -0.4 is 5.32 Å². The molecular formula is C21H27BrN4O4. The number of aliphatic carboxylic acids is 1. The summed E-state index contributed by atoms with van der Waals surface area (Å²) in [6.45, 7) is 4.18. The largest absolute Gasteiger partial charge is 0.480 e. The average molecular weight is 479 g/mol. The van der Waals surface area contributed by atoms with E-state index < -0.39 is 12.0 Å². The SMILES string of the molecule is O=C(CN1CCN([C@H](C(=O)O)c2c[nH]c3ccc(Br)cc23)CC1)NC[C@@H]1CCCO1. The van der Waals surface area contributed by atoms with Gasteiger partial charge in [-0.15, -0.1) is 0 Å². The van der Waals surface area contributed by atoms with Crippen LogP contribution in [0.25, 0.3) is 10.9 Å². The van der Waals surface area contributed by atoms with Crippen LogP contribution in [0.15, 0.2) is 28.9 Å². The van der Waals surface area contributed by atoms with Gasteiger partial charge in [0.2, 0.25) is 5.91 Å². The smallest absolute Gasteiger partial charge is 0.325 e. The number of halogens is 1. The van der Waals surface area contributed by atoms with Gasteiger partial charge < -0.3 is 20.1 Å². The van der Waals surface area contributed by atoms with Gasteiger partial charge in [0.1, 0.15) is 6.04 Å². The number of carboxylic acid groups (broad SMARTS) is 1. The Morgan fingerprint density at radius 3 is 2.80 bits per heavy atom. The number of hydrogen-bond acceptors (Lipinski definition) is 5. The van der Waals surface area contributed by atoms with Gasteiger partial charge in [-0.2, -0.15) is 0 Å². The summed E-state index contributed by atoms with van der Waals surface area (Å²) in [5.41, 5.74) is 1.68. The number of nitrogens with zero attached hydrogens (tertiary/aromatic N) is 2. The molecule has 8 nitrogen and oxygen atoms in total. The van der Waals surface area contributed by atoms with Crippen molar-refractivity contribution in [3.63, 3.8) is 0 Å². The summed E-state index contributed by atoms with van der Waals surface area (Å²) < 4.78 is 6.45. The molecule has 0 aliphatic carbocycles. The fourth-order valence-corrected chi connectivity index (χ4v) is 4.66. The van der Waals surface area contributed by atoms with Crippen molar-refractivity contribution in [2.75, 3.05) is 45.9 Å². The maximum Gasteiger partial charge on any atom is 0.325 e. The number of amides is 1. The summed E-state index contributed by atoms with van der Waals surface area (Å²) in [4.78, 5) is 31.6. The van der Waals surface area contributed by atoms with Crippen LogP contribution in [0.5, 0.6) is 0 Å². The predicted molar refractivity (Wildman–Crippen MR) is 116 cm³/mol. The number of piperazine rings is 1. The third-order valence-corrected chi connectivity index (χ3v) is 6.39. The number of carboxylic acids is 1. The zero-order valence-corrected chi connectivity index (χ0v) is 18.4. The molecule has 1 amide bonds. The van der Waals surface area contributed by atoms with Gasteiger partial charge in [0, 0.05) is 66.5 Å². The van der Waals surface area contributed by atoms with E-state index in [9.17, 15) is 14.7 Å². The molecule has 2 saturated heterocycles. The van der Waals surface area contributed by atoms with Crippen molar-refractivity contribution in [2.24, 2.45) is 0 Å². The highest BCUT2D eigenvalue weighted by atomic mass is 79.9. The summed E-state index contributed by atoms with van der Waals surface area (Å²) in [5.74, 6) is -0.867. The first-order chi connectivity index (χ1) is 14.5. The molecule has 2 aliphatic heterocycles. The Morgan fingerprint density at radius 1 is 1.30 bits per heavy atom. The lowest BCUT2D eigenvalue weighted by molar-refractivity contribution is -0.144. The fraction of sp³-hybridized carbons (Fsp3) is 0.524. The van der Waals surface area contributed by atoms with E-state index in [1.165, 1.54) is 0 Å². The Kier molecular flexibility index (Phi) is 6.72. The second-order valence-electron chi connectivity index (χ2n) is 7.93. The highest BCUT2D eigenvalue weighted by Crippen LogP contribution is 2.31. The molecular weight excluding hydrogens is 452 g/mol. The van der Waals surface area contributed by atoms with Crippen LogP contribution in [-0.4, -0.2) is 83.7 Å². The van der Waals surface area contributed by atoms with E-state index in [0.717, 1.165) is 40.4 Å². The average Bonchev–Trinajstić information content (AvgIpc) is 3.38. The number of H-pyrrole nitrogens is 1. The number of benzene rings is 1. The number of fused-ring (bicyclic) bond motifs is 1. The molecule has 0 radical (unpaired) electrons. The van der Waals surface area contributed by atoms with Crippen molar-refractivity contribution in [3.05, 3.63) is 34.4 Å². The van der Waals surface area contributed by atoms with E-state index in [0.29, 0.717) is 39.3 Å². The van der Waals surface area contributed by atoms with E-state index in [2.05, 4.69) is 31.1 Å². The Morgan fingerprint density at radius 2 is 2.10 bits per heavy atom. The van der Waals surface area contributed by atoms with E-state index >= 15 is 0 Å². The van der Waals surface area contributed by atoms with Crippen LogP contribution >= 0.6 is 15.9 Å². The molecule has 1 aromatic carbocycles. The minimum absolute atomic E-state index is 0.00443. The zero-order valence-electron chi connectivity index (χ0n) is 16.8. The lowest BCUT2D eigenvalue weighted by Crippen LogP contribution is -2.51. The van der Waals surface area contributed by atoms with Crippen molar-refractivity contribution in [3.8, 4) is 0 Å². The Labute approximate surface area is 183 Å². The number of hydrogen-bond donors (Lipinski definition) is 3. The molecule has 0 unspecified atom stereocenters. The lowest BCUT2D eigenvalue weighted by Gasteiger charge is -2.37. The Balaban J connectivity index is 1.35. The highest BCUT2D eigenvalue weighted by Gasteiger charge is 2.32. The topological polar surface area (TPSA) is 97.9 Å². The molecule has 2 fully saturated rings. The van der Waals surface area contributed by atoms with Crippen LogP contribution in [0.2, 0.25) is 0 Å². The lowest BCUT2D eigenvalue weighted by atomic mass is 10.0. The summed E-state index contributed by atoms with van der Waals surface area (Å²) in [6.07, 6.45) is 3.99. The maximum absolute atomic E-state index is 12.2. The number of ether oxygens (including phenoxy) is 1. The van der Waals surface area contributed by atoms with E-state index in [-0.39, 0.29) is 12.0 Å². The summed E-state index contributed by atoms with van der Waals surface area (Å²) in [5, 5.41) is 13.8. The van der Waals surface area contributed by atoms with E-state index in [4.69, 9.17) is 4.74 Å². The third kappa shape index (κ3) is 4.85. The molecule has 2 aliphatic rings. The van der Waals surface area contributed by atoms with Gasteiger partial charge in [-0.25, -0.2) is 0 Å². The molecule has 1 aromatic heterocycles. The second kappa shape index (κ2) is 9.47. The molecule has 0 saturated carbocycles. The van der Waals surface area contributed by atoms with Crippen molar-refractivity contribution in [2.45, 2.75) is 25.0 Å². The minimum Gasteiger partial charge on any atom is -0.480 e. The number of aromatic nitrogens is 1. The van der Waals surface area contributed by atoms with E-state index in [1.807, 2.05) is 23.1 Å². The van der Waals surface area contributed by atoms with Crippen LogP contribution in [0.1, 0.15) is 24.4 Å².